The van der Waals surface area contributed by atoms with Crippen LogP contribution in [0.2, 0.25) is 0 Å². The number of halogens is 1. The first-order chi connectivity index (χ1) is 9.19. The quantitative estimate of drug-likeness (QED) is 0.799. The summed E-state index contributed by atoms with van der Waals surface area (Å²) in [6.07, 6.45) is 4.51. The van der Waals surface area contributed by atoms with Crippen molar-refractivity contribution in [3.05, 3.63) is 20.8 Å². The number of nitrogens with zero attached hydrogens (tertiary/aromatic N) is 1. The van der Waals surface area contributed by atoms with Crippen molar-refractivity contribution in [1.29, 1.82) is 0 Å². The fourth-order valence-corrected chi connectivity index (χ4v) is 3.53. The van der Waals surface area contributed by atoms with Crippen molar-refractivity contribution < 1.29 is 4.79 Å². The molecule has 5 heteroatoms. The average molecular weight is 345 g/mol. The van der Waals surface area contributed by atoms with E-state index in [9.17, 15) is 4.79 Å². The van der Waals surface area contributed by atoms with Gasteiger partial charge in [0.25, 0.3) is 0 Å². The van der Waals surface area contributed by atoms with Crippen molar-refractivity contribution >= 4 is 33.3 Å². The maximum atomic E-state index is 12.1. The first-order valence-corrected chi connectivity index (χ1v) is 8.57. The Hall–Kier alpha value is -0.550. The molecular weight excluding hydrogens is 324 g/mol. The van der Waals surface area contributed by atoms with Gasteiger partial charge in [-0.1, -0.05) is 6.92 Å². The molecule has 1 saturated carbocycles. The van der Waals surface area contributed by atoms with Crippen LogP contribution < -0.4 is 5.32 Å². The monoisotopic (exact) mass is 344 g/mol. The molecule has 0 aliphatic heterocycles. The van der Waals surface area contributed by atoms with Crippen molar-refractivity contribution in [2.75, 3.05) is 19.6 Å². The summed E-state index contributed by atoms with van der Waals surface area (Å²) >= 11 is 5.18. The van der Waals surface area contributed by atoms with Crippen LogP contribution in [-0.4, -0.2) is 30.6 Å². The van der Waals surface area contributed by atoms with E-state index >= 15 is 0 Å². The molecule has 1 aromatic rings. The van der Waals surface area contributed by atoms with E-state index in [2.05, 4.69) is 40.3 Å². The summed E-state index contributed by atoms with van der Waals surface area (Å²) in [7, 11) is 0. The highest BCUT2D eigenvalue weighted by molar-refractivity contribution is 9.11. The van der Waals surface area contributed by atoms with Crippen LogP contribution >= 0.6 is 27.3 Å². The van der Waals surface area contributed by atoms with Gasteiger partial charge in [-0.3, -0.25) is 0 Å². The summed E-state index contributed by atoms with van der Waals surface area (Å²) in [6.45, 7) is 4.64. The molecule has 0 saturated heterocycles. The van der Waals surface area contributed by atoms with Crippen molar-refractivity contribution in [2.45, 2.75) is 32.6 Å². The van der Waals surface area contributed by atoms with Crippen LogP contribution in [0, 0.1) is 5.92 Å². The molecule has 106 valence electrons. The Balaban J connectivity index is 1.71. The number of nitrogens with one attached hydrogen (secondary N) is 1. The minimum Gasteiger partial charge on any atom is -0.338 e. The molecule has 19 heavy (non-hydrogen) atoms. The van der Waals surface area contributed by atoms with E-state index in [0.717, 1.165) is 42.2 Å². The van der Waals surface area contributed by atoms with E-state index in [4.69, 9.17) is 0 Å². The second-order valence-electron chi connectivity index (χ2n) is 5.08. The lowest BCUT2D eigenvalue weighted by Crippen LogP contribution is -2.42. The number of thiophene rings is 1. The molecule has 0 atom stereocenters. The maximum Gasteiger partial charge on any atom is 0.317 e. The Bertz CT molecular complexity index is 417. The molecule has 1 aromatic heterocycles. The number of amides is 2. The molecule has 1 aliphatic rings. The summed E-state index contributed by atoms with van der Waals surface area (Å²) in [5, 5.41) is 3.04. The molecule has 2 amide bonds. The van der Waals surface area contributed by atoms with Crippen LogP contribution in [0.4, 0.5) is 4.79 Å². The van der Waals surface area contributed by atoms with Gasteiger partial charge < -0.3 is 10.2 Å². The van der Waals surface area contributed by atoms with E-state index in [0.29, 0.717) is 0 Å². The van der Waals surface area contributed by atoms with Crippen LogP contribution in [0.1, 0.15) is 31.1 Å². The highest BCUT2D eigenvalue weighted by Gasteiger charge is 2.26. The number of urea groups is 1. The van der Waals surface area contributed by atoms with Crippen LogP contribution in [-0.2, 0) is 6.42 Å². The van der Waals surface area contributed by atoms with Gasteiger partial charge in [-0.05, 0) is 59.7 Å². The highest BCUT2D eigenvalue weighted by Crippen LogP contribution is 2.29. The summed E-state index contributed by atoms with van der Waals surface area (Å²) in [5.41, 5.74) is 0. The predicted molar refractivity (Wildman–Crippen MR) is 83.7 cm³/mol. The smallest absolute Gasteiger partial charge is 0.317 e. The zero-order valence-electron chi connectivity index (χ0n) is 11.3. The van der Waals surface area contributed by atoms with E-state index < -0.39 is 0 Å². The SMILES string of the molecule is CCCN(CC1CC1)C(=O)NCCc1ccc(Br)s1. The topological polar surface area (TPSA) is 32.3 Å². The zero-order valence-corrected chi connectivity index (χ0v) is 13.7. The van der Waals surface area contributed by atoms with Gasteiger partial charge in [0.15, 0.2) is 0 Å². The minimum absolute atomic E-state index is 0.101. The van der Waals surface area contributed by atoms with Gasteiger partial charge in [-0.15, -0.1) is 11.3 Å². The third-order valence-corrected chi connectivity index (χ3v) is 4.92. The molecule has 1 aliphatic carbocycles. The van der Waals surface area contributed by atoms with E-state index in [-0.39, 0.29) is 6.03 Å². The van der Waals surface area contributed by atoms with Gasteiger partial charge in [-0.2, -0.15) is 0 Å². The van der Waals surface area contributed by atoms with Crippen molar-refractivity contribution in [3.8, 4) is 0 Å². The van der Waals surface area contributed by atoms with Gasteiger partial charge in [-0.25, -0.2) is 4.79 Å². The third kappa shape index (κ3) is 5.15. The zero-order chi connectivity index (χ0) is 13.7. The lowest BCUT2D eigenvalue weighted by atomic mass is 10.3. The molecule has 0 aromatic carbocycles. The van der Waals surface area contributed by atoms with E-state index in [1.165, 1.54) is 17.7 Å². The summed E-state index contributed by atoms with van der Waals surface area (Å²) in [5.74, 6) is 0.755. The molecule has 1 N–H and O–H groups in total. The molecule has 0 radical (unpaired) electrons. The van der Waals surface area contributed by atoms with Crippen LogP contribution in [0.25, 0.3) is 0 Å². The fourth-order valence-electron chi connectivity index (χ4n) is 2.05. The normalized spacial score (nSPS) is 14.4. The molecule has 1 heterocycles. The molecule has 0 unspecified atom stereocenters. The molecule has 2 rings (SSSR count). The van der Waals surface area contributed by atoms with Crippen LogP contribution in [0.3, 0.4) is 0 Å². The summed E-state index contributed by atoms with van der Waals surface area (Å²) in [4.78, 5) is 15.4. The number of carbonyl (C=O) groups excluding carboxylic acids is 1. The molecule has 3 nitrogen and oxygen atoms in total. The Morgan fingerprint density at radius 3 is 2.89 bits per heavy atom. The number of carbonyl (C=O) groups is 1. The second-order valence-corrected chi connectivity index (χ2v) is 7.62. The van der Waals surface area contributed by atoms with Crippen molar-refractivity contribution in [1.82, 2.24) is 10.2 Å². The van der Waals surface area contributed by atoms with Gasteiger partial charge >= 0.3 is 6.03 Å². The standard InChI is InChI=1S/C14H21BrN2OS/c1-2-9-17(10-11-3-4-11)14(18)16-8-7-12-5-6-13(15)19-12/h5-6,11H,2-4,7-10H2,1H3,(H,16,18). The highest BCUT2D eigenvalue weighted by atomic mass is 79.9. The average Bonchev–Trinajstić information content (AvgIpc) is 3.10. The lowest BCUT2D eigenvalue weighted by molar-refractivity contribution is 0.195. The van der Waals surface area contributed by atoms with Crippen LogP contribution in [0.5, 0.6) is 0 Å². The first kappa shape index (κ1) is 14.9. The molecule has 1 fully saturated rings. The molecule has 0 spiro atoms. The first-order valence-electron chi connectivity index (χ1n) is 6.96. The second kappa shape index (κ2) is 7.29. The van der Waals surface area contributed by atoms with Crippen molar-refractivity contribution in [3.63, 3.8) is 0 Å². The Morgan fingerprint density at radius 1 is 1.53 bits per heavy atom. The minimum atomic E-state index is 0.101. The predicted octanol–water partition coefficient (Wildman–Crippen LogP) is 3.88. The molecular formula is C14H21BrN2OS. The van der Waals surface area contributed by atoms with Gasteiger partial charge in [0, 0.05) is 24.5 Å². The van der Waals surface area contributed by atoms with E-state index in [1.807, 2.05) is 4.90 Å². The Kier molecular flexibility index (Phi) is 5.70. The number of hydrogen-bond donors (Lipinski definition) is 1. The number of hydrogen-bond acceptors (Lipinski definition) is 2. The number of rotatable bonds is 7. The largest absolute Gasteiger partial charge is 0.338 e. The Labute approximate surface area is 127 Å². The summed E-state index contributed by atoms with van der Waals surface area (Å²) in [6, 6.07) is 4.26. The van der Waals surface area contributed by atoms with Crippen molar-refractivity contribution in [2.24, 2.45) is 5.92 Å². The lowest BCUT2D eigenvalue weighted by Gasteiger charge is -2.22. The molecule has 0 bridgehead atoms. The Morgan fingerprint density at radius 2 is 2.32 bits per heavy atom. The van der Waals surface area contributed by atoms with Gasteiger partial charge in [0.1, 0.15) is 0 Å². The third-order valence-electron chi connectivity index (χ3n) is 3.23. The van der Waals surface area contributed by atoms with E-state index in [1.54, 1.807) is 11.3 Å². The van der Waals surface area contributed by atoms with Gasteiger partial charge in [0.05, 0.1) is 3.79 Å². The summed E-state index contributed by atoms with van der Waals surface area (Å²) < 4.78 is 1.15. The van der Waals surface area contributed by atoms with Crippen LogP contribution in [0.15, 0.2) is 15.9 Å². The van der Waals surface area contributed by atoms with Gasteiger partial charge in [0.2, 0.25) is 0 Å². The fraction of sp³-hybridized carbons (Fsp3) is 0.643. The maximum absolute atomic E-state index is 12.1.